The summed E-state index contributed by atoms with van der Waals surface area (Å²) in [5, 5.41) is 10.4. The van der Waals surface area contributed by atoms with Crippen molar-refractivity contribution in [1.82, 2.24) is 25.2 Å². The minimum atomic E-state index is -0.717. The molecule has 8 nitrogen and oxygen atoms in total. The summed E-state index contributed by atoms with van der Waals surface area (Å²) in [4.78, 5) is 29.1. The molecule has 3 fully saturated rings. The standard InChI is InChI=1S/C18H19N5O3/c1-11-16(20-21-19-11)17(25)22-8-7-18-14(22)9-15(24)23(18)10-13(26-18)12-5-3-2-4-6-12/h2-6,13-14H,7-10H2,1H3,(H,19,20,21)/t13-,14-,18+/m1/s1. The molecule has 3 aliphatic rings. The van der Waals surface area contributed by atoms with Gasteiger partial charge in [0.05, 0.1) is 24.7 Å². The molecular weight excluding hydrogens is 334 g/mol. The predicted octanol–water partition coefficient (Wildman–Crippen LogP) is 1.03. The second kappa shape index (κ2) is 5.38. The number of aryl methyl sites for hydroxylation is 1. The quantitative estimate of drug-likeness (QED) is 0.871. The van der Waals surface area contributed by atoms with Crippen LogP contribution in [0.1, 0.15) is 40.7 Å². The van der Waals surface area contributed by atoms with Crippen LogP contribution < -0.4 is 0 Å². The fourth-order valence-corrected chi connectivity index (χ4v) is 4.53. The van der Waals surface area contributed by atoms with Gasteiger partial charge in [0, 0.05) is 13.0 Å². The molecule has 3 aliphatic heterocycles. The summed E-state index contributed by atoms with van der Waals surface area (Å²) < 4.78 is 6.45. The summed E-state index contributed by atoms with van der Waals surface area (Å²) in [6, 6.07) is 9.64. The number of ether oxygens (including phenoxy) is 1. The van der Waals surface area contributed by atoms with Gasteiger partial charge in [-0.25, -0.2) is 0 Å². The molecule has 1 N–H and O–H groups in total. The number of amides is 2. The topological polar surface area (TPSA) is 91.4 Å². The first-order valence-electron chi connectivity index (χ1n) is 8.82. The molecule has 2 aromatic rings. The zero-order valence-corrected chi connectivity index (χ0v) is 14.4. The molecular formula is C18H19N5O3. The van der Waals surface area contributed by atoms with E-state index in [1.807, 2.05) is 35.2 Å². The number of nitrogens with one attached hydrogen (secondary N) is 1. The van der Waals surface area contributed by atoms with Crippen LogP contribution in [0.25, 0.3) is 0 Å². The summed E-state index contributed by atoms with van der Waals surface area (Å²) in [6.45, 7) is 2.82. The molecule has 134 valence electrons. The van der Waals surface area contributed by atoms with Crippen LogP contribution in [0.15, 0.2) is 30.3 Å². The number of likely N-dealkylation sites (tertiary alicyclic amines) is 1. The van der Waals surface area contributed by atoms with Crippen LogP contribution in [0.3, 0.4) is 0 Å². The van der Waals surface area contributed by atoms with Crippen LogP contribution in [0, 0.1) is 6.92 Å². The molecule has 4 heterocycles. The van der Waals surface area contributed by atoms with Crippen molar-refractivity contribution in [1.29, 1.82) is 0 Å². The first-order chi connectivity index (χ1) is 12.6. The van der Waals surface area contributed by atoms with E-state index >= 15 is 0 Å². The highest BCUT2D eigenvalue weighted by atomic mass is 16.5. The number of hydrogen-bond acceptors (Lipinski definition) is 5. The number of benzene rings is 1. The van der Waals surface area contributed by atoms with Gasteiger partial charge in [-0.05, 0) is 12.5 Å². The Labute approximate surface area is 150 Å². The van der Waals surface area contributed by atoms with Gasteiger partial charge in [0.2, 0.25) is 5.91 Å². The third-order valence-corrected chi connectivity index (χ3v) is 5.79. The number of rotatable bonds is 2. The molecule has 8 heteroatoms. The minimum Gasteiger partial charge on any atom is -0.343 e. The Morgan fingerprint density at radius 2 is 2.12 bits per heavy atom. The Morgan fingerprint density at radius 1 is 1.31 bits per heavy atom. The third-order valence-electron chi connectivity index (χ3n) is 5.79. The molecule has 3 saturated heterocycles. The summed E-state index contributed by atoms with van der Waals surface area (Å²) in [6.07, 6.45) is 0.756. The zero-order valence-electron chi connectivity index (χ0n) is 14.4. The van der Waals surface area contributed by atoms with Crippen molar-refractivity contribution >= 4 is 11.8 Å². The Morgan fingerprint density at radius 3 is 2.85 bits per heavy atom. The van der Waals surface area contributed by atoms with Crippen molar-refractivity contribution < 1.29 is 14.3 Å². The van der Waals surface area contributed by atoms with Crippen LogP contribution in [-0.4, -0.2) is 61.9 Å². The monoisotopic (exact) mass is 353 g/mol. The van der Waals surface area contributed by atoms with E-state index in [1.54, 1.807) is 11.8 Å². The fraction of sp³-hybridized carbons (Fsp3) is 0.444. The van der Waals surface area contributed by atoms with Gasteiger partial charge in [0.25, 0.3) is 5.91 Å². The van der Waals surface area contributed by atoms with Gasteiger partial charge in [-0.1, -0.05) is 30.3 Å². The predicted molar refractivity (Wildman–Crippen MR) is 89.9 cm³/mol. The second-order valence-electron chi connectivity index (χ2n) is 7.09. The van der Waals surface area contributed by atoms with Crippen molar-refractivity contribution in [2.45, 2.75) is 37.6 Å². The van der Waals surface area contributed by atoms with E-state index in [-0.39, 0.29) is 24.0 Å². The maximum absolute atomic E-state index is 12.9. The van der Waals surface area contributed by atoms with Crippen LogP contribution in [0.4, 0.5) is 0 Å². The number of carbonyl (C=O) groups excluding carboxylic acids is 2. The maximum Gasteiger partial charge on any atom is 0.276 e. The molecule has 0 bridgehead atoms. The maximum atomic E-state index is 12.9. The van der Waals surface area contributed by atoms with Crippen LogP contribution in [0.5, 0.6) is 0 Å². The van der Waals surface area contributed by atoms with Gasteiger partial charge in [0.1, 0.15) is 6.10 Å². The van der Waals surface area contributed by atoms with Gasteiger partial charge in [-0.3, -0.25) is 9.59 Å². The highest BCUT2D eigenvalue weighted by Crippen LogP contribution is 2.50. The van der Waals surface area contributed by atoms with Crippen molar-refractivity contribution in [2.24, 2.45) is 0 Å². The molecule has 3 atom stereocenters. The molecule has 1 aromatic carbocycles. The Hall–Kier alpha value is -2.74. The van der Waals surface area contributed by atoms with Crippen LogP contribution in [0.2, 0.25) is 0 Å². The van der Waals surface area contributed by atoms with Crippen molar-refractivity contribution in [3.05, 3.63) is 47.3 Å². The molecule has 1 spiro atoms. The van der Waals surface area contributed by atoms with Crippen molar-refractivity contribution in [3.8, 4) is 0 Å². The summed E-state index contributed by atoms with van der Waals surface area (Å²) >= 11 is 0. The van der Waals surface area contributed by atoms with Gasteiger partial charge in [-0.2, -0.15) is 15.4 Å². The Kier molecular flexibility index (Phi) is 3.21. The minimum absolute atomic E-state index is 0.0443. The number of carbonyl (C=O) groups is 2. The van der Waals surface area contributed by atoms with E-state index in [2.05, 4.69) is 15.4 Å². The summed E-state index contributed by atoms with van der Waals surface area (Å²) in [5.41, 5.74) is 1.21. The third kappa shape index (κ3) is 1.99. The second-order valence-corrected chi connectivity index (χ2v) is 7.09. The molecule has 0 radical (unpaired) electrons. The lowest BCUT2D eigenvalue weighted by molar-refractivity contribution is -0.138. The molecule has 0 aliphatic carbocycles. The van der Waals surface area contributed by atoms with Gasteiger partial charge < -0.3 is 14.5 Å². The number of hydrogen-bond donors (Lipinski definition) is 1. The number of aromatic nitrogens is 3. The first-order valence-corrected chi connectivity index (χ1v) is 8.82. The first kappa shape index (κ1) is 15.5. The Balaban J connectivity index is 1.46. The van der Waals surface area contributed by atoms with Gasteiger partial charge in [0.15, 0.2) is 11.4 Å². The molecule has 0 unspecified atom stereocenters. The van der Waals surface area contributed by atoms with Gasteiger partial charge >= 0.3 is 0 Å². The average Bonchev–Trinajstić information content (AvgIpc) is 3.37. The molecule has 5 rings (SSSR count). The molecule has 0 saturated carbocycles. The highest BCUT2D eigenvalue weighted by molar-refractivity contribution is 5.95. The van der Waals surface area contributed by atoms with E-state index in [9.17, 15) is 9.59 Å². The van der Waals surface area contributed by atoms with Crippen molar-refractivity contribution in [2.75, 3.05) is 13.1 Å². The number of aromatic amines is 1. The van der Waals surface area contributed by atoms with E-state index < -0.39 is 5.72 Å². The van der Waals surface area contributed by atoms with E-state index in [1.165, 1.54) is 0 Å². The molecule has 26 heavy (non-hydrogen) atoms. The Bertz CT molecular complexity index is 882. The van der Waals surface area contributed by atoms with E-state index in [4.69, 9.17) is 4.74 Å². The average molecular weight is 353 g/mol. The summed E-state index contributed by atoms with van der Waals surface area (Å²) in [5.74, 6) is -0.151. The van der Waals surface area contributed by atoms with Crippen molar-refractivity contribution in [3.63, 3.8) is 0 Å². The van der Waals surface area contributed by atoms with Gasteiger partial charge in [-0.15, -0.1) is 0 Å². The number of H-pyrrole nitrogens is 1. The highest BCUT2D eigenvalue weighted by Gasteiger charge is 2.65. The number of nitrogens with zero attached hydrogens (tertiary/aromatic N) is 4. The lowest BCUT2D eigenvalue weighted by atomic mass is 10.1. The summed E-state index contributed by atoms with van der Waals surface area (Å²) in [7, 11) is 0. The lowest BCUT2D eigenvalue weighted by Gasteiger charge is -2.31. The van der Waals surface area contributed by atoms with Crippen LogP contribution >= 0.6 is 0 Å². The van der Waals surface area contributed by atoms with Crippen LogP contribution in [-0.2, 0) is 9.53 Å². The smallest absolute Gasteiger partial charge is 0.276 e. The van der Waals surface area contributed by atoms with E-state index in [0.29, 0.717) is 37.3 Å². The molecule has 1 aromatic heterocycles. The normalized spacial score (nSPS) is 30.0. The largest absolute Gasteiger partial charge is 0.343 e. The lowest BCUT2D eigenvalue weighted by Crippen LogP contribution is -2.48. The fourth-order valence-electron chi connectivity index (χ4n) is 4.53. The zero-order chi connectivity index (χ0) is 17.9. The molecule has 2 amide bonds. The SMILES string of the molecule is Cc1n[nH]nc1C(=O)N1CC[C@@]23O[C@@H](c4ccccc4)CN2C(=O)C[C@@H]13. The van der Waals surface area contributed by atoms with E-state index in [0.717, 1.165) is 5.56 Å².